The van der Waals surface area contributed by atoms with Gasteiger partial charge in [0.1, 0.15) is 19.3 Å². The summed E-state index contributed by atoms with van der Waals surface area (Å²) in [5.41, 5.74) is 0. The summed E-state index contributed by atoms with van der Waals surface area (Å²) in [6.45, 7) is 4.63. The molecule has 5 unspecified atom stereocenters. The Bertz CT molecular complexity index is 2120. The maximum atomic E-state index is 13.0. The highest BCUT2D eigenvalue weighted by atomic mass is 31.2. The standard InChI is InChI=1S/C75H132O17P2/c1-5-9-13-17-21-25-29-31-32-33-34-35-36-38-41-44-48-52-56-60-73(78)86-66-71(92-75(80)62-58-54-50-46-42-37-30-26-22-18-14-10-6-2)68-90-94(83,84)88-64-69(76)63-87-93(81,82)89-67-70(91-74(79)61-57-53-49-45-40-28-24-20-16-12-8-4)65-85-72(77)59-55-51-47-43-39-27-23-19-15-11-7-3/h9,13,19-21,23-25,31-32,34-35,38,41,69-71,76H,5-8,10-12,14-18,22,26-30,33,36-37,39-40,42-68H2,1-4H3,(H,81,82)(H,83,84)/b13-9-,23-19-,24-20-,25-21-,32-31-,35-34-,41-38-. The van der Waals surface area contributed by atoms with E-state index >= 15 is 0 Å². The smallest absolute Gasteiger partial charge is 0.462 e. The number of carbonyl (C=O) groups excluding carboxylic acids is 4. The number of phosphoric acid groups is 2. The zero-order chi connectivity index (χ0) is 69.0. The Morgan fingerprint density at radius 2 is 0.564 bits per heavy atom. The molecule has 0 aromatic heterocycles. The Hall–Kier alpha value is -3.76. The van der Waals surface area contributed by atoms with E-state index in [4.69, 9.17) is 37.0 Å². The van der Waals surface area contributed by atoms with Gasteiger partial charge in [-0.05, 0) is 109 Å². The van der Waals surface area contributed by atoms with Gasteiger partial charge in [0.15, 0.2) is 12.2 Å². The predicted molar refractivity (Wildman–Crippen MR) is 381 cm³/mol. The van der Waals surface area contributed by atoms with Crippen molar-refractivity contribution in [1.29, 1.82) is 0 Å². The van der Waals surface area contributed by atoms with E-state index in [1.54, 1.807) is 0 Å². The number of aliphatic hydroxyl groups is 1. The number of esters is 4. The van der Waals surface area contributed by atoms with Crippen LogP contribution in [0.1, 0.15) is 310 Å². The van der Waals surface area contributed by atoms with Gasteiger partial charge in [-0.3, -0.25) is 37.3 Å². The molecule has 0 saturated carbocycles. The Morgan fingerprint density at radius 1 is 0.309 bits per heavy atom. The van der Waals surface area contributed by atoms with Crippen LogP contribution in [0.4, 0.5) is 0 Å². The van der Waals surface area contributed by atoms with Crippen LogP contribution in [0.2, 0.25) is 0 Å². The monoisotopic (exact) mass is 1370 g/mol. The molecule has 0 spiro atoms. The first kappa shape index (κ1) is 90.2. The molecule has 0 bridgehead atoms. The molecule has 0 aliphatic carbocycles. The third kappa shape index (κ3) is 66.8. The second kappa shape index (κ2) is 67.8. The summed E-state index contributed by atoms with van der Waals surface area (Å²) in [7, 11) is -9.94. The van der Waals surface area contributed by atoms with Gasteiger partial charge < -0.3 is 33.8 Å². The maximum absolute atomic E-state index is 13.0. The van der Waals surface area contributed by atoms with Gasteiger partial charge in [0, 0.05) is 25.7 Å². The van der Waals surface area contributed by atoms with Gasteiger partial charge in [-0.25, -0.2) is 9.13 Å². The van der Waals surface area contributed by atoms with Crippen LogP contribution in [0.25, 0.3) is 0 Å². The summed E-state index contributed by atoms with van der Waals surface area (Å²) in [5.74, 6) is -2.22. The average molecular weight is 1370 g/mol. The number of unbranched alkanes of at least 4 members (excludes halogenated alkanes) is 29. The molecule has 0 aromatic carbocycles. The summed E-state index contributed by atoms with van der Waals surface area (Å²) in [4.78, 5) is 72.6. The molecule has 0 heterocycles. The maximum Gasteiger partial charge on any atom is 0.472 e. The minimum atomic E-state index is -4.97. The summed E-state index contributed by atoms with van der Waals surface area (Å²) in [6.07, 6.45) is 67.4. The highest BCUT2D eigenvalue weighted by Crippen LogP contribution is 2.45. The summed E-state index contributed by atoms with van der Waals surface area (Å²) >= 11 is 0. The molecule has 17 nitrogen and oxygen atoms in total. The van der Waals surface area contributed by atoms with Gasteiger partial charge in [-0.15, -0.1) is 0 Å². The van der Waals surface area contributed by atoms with E-state index in [1.165, 1.54) is 77.0 Å². The van der Waals surface area contributed by atoms with Crippen molar-refractivity contribution in [3.8, 4) is 0 Å². The molecule has 94 heavy (non-hydrogen) atoms. The lowest BCUT2D eigenvalue weighted by molar-refractivity contribution is -0.161. The predicted octanol–water partition coefficient (Wildman–Crippen LogP) is 20.7. The van der Waals surface area contributed by atoms with Gasteiger partial charge in [0.2, 0.25) is 0 Å². The third-order valence-electron chi connectivity index (χ3n) is 15.3. The molecule has 0 saturated heterocycles. The van der Waals surface area contributed by atoms with E-state index in [-0.39, 0.29) is 25.7 Å². The summed E-state index contributed by atoms with van der Waals surface area (Å²) < 4.78 is 68.2. The quantitative estimate of drug-likeness (QED) is 0.0169. The number of hydrogen-bond acceptors (Lipinski definition) is 15. The van der Waals surface area contributed by atoms with Gasteiger partial charge in [0.05, 0.1) is 26.4 Å². The molecule has 0 amide bonds. The van der Waals surface area contributed by atoms with Crippen molar-refractivity contribution in [2.45, 2.75) is 329 Å². The lowest BCUT2D eigenvalue weighted by Crippen LogP contribution is -2.30. The molecule has 0 fully saturated rings. The first-order valence-electron chi connectivity index (χ1n) is 36.8. The van der Waals surface area contributed by atoms with Crippen LogP contribution < -0.4 is 0 Å². The van der Waals surface area contributed by atoms with E-state index in [0.29, 0.717) is 25.7 Å². The second-order valence-corrected chi connectivity index (χ2v) is 27.4. The van der Waals surface area contributed by atoms with Gasteiger partial charge in [0.25, 0.3) is 0 Å². The molecule has 5 atom stereocenters. The number of aliphatic hydroxyl groups excluding tert-OH is 1. The van der Waals surface area contributed by atoms with Crippen molar-refractivity contribution in [2.24, 2.45) is 0 Å². The molecular weight excluding hydrogens is 1230 g/mol. The van der Waals surface area contributed by atoms with Crippen LogP contribution in [-0.2, 0) is 65.4 Å². The summed E-state index contributed by atoms with van der Waals surface area (Å²) in [6, 6.07) is 0. The minimum absolute atomic E-state index is 0.0842. The molecule has 0 aliphatic heterocycles. The summed E-state index contributed by atoms with van der Waals surface area (Å²) in [5, 5.41) is 10.6. The number of hydrogen-bond donors (Lipinski definition) is 3. The van der Waals surface area contributed by atoms with E-state index in [9.17, 15) is 43.2 Å². The minimum Gasteiger partial charge on any atom is -0.462 e. The van der Waals surface area contributed by atoms with Crippen LogP contribution in [0.3, 0.4) is 0 Å². The molecule has 19 heteroatoms. The topological polar surface area (TPSA) is 237 Å². The van der Waals surface area contributed by atoms with Crippen LogP contribution in [0.15, 0.2) is 85.1 Å². The highest BCUT2D eigenvalue weighted by molar-refractivity contribution is 7.47. The first-order valence-corrected chi connectivity index (χ1v) is 39.8. The molecule has 544 valence electrons. The zero-order valence-electron chi connectivity index (χ0n) is 59.1. The fourth-order valence-corrected chi connectivity index (χ4v) is 11.3. The fraction of sp³-hybridized carbons (Fsp3) is 0.760. The van der Waals surface area contributed by atoms with Crippen LogP contribution in [0, 0.1) is 0 Å². The van der Waals surface area contributed by atoms with Crippen LogP contribution in [0.5, 0.6) is 0 Å². The largest absolute Gasteiger partial charge is 0.472 e. The average Bonchev–Trinajstić information content (AvgIpc) is 1.73. The van der Waals surface area contributed by atoms with Crippen molar-refractivity contribution in [1.82, 2.24) is 0 Å². The van der Waals surface area contributed by atoms with Crippen molar-refractivity contribution in [2.75, 3.05) is 39.6 Å². The molecule has 3 N–H and O–H groups in total. The highest BCUT2D eigenvalue weighted by Gasteiger charge is 2.30. The Labute approximate surface area is 570 Å². The fourth-order valence-electron chi connectivity index (χ4n) is 9.68. The van der Waals surface area contributed by atoms with E-state index in [2.05, 4.69) is 113 Å². The van der Waals surface area contributed by atoms with E-state index in [1.807, 2.05) is 0 Å². The van der Waals surface area contributed by atoms with Crippen molar-refractivity contribution in [3.05, 3.63) is 85.1 Å². The zero-order valence-corrected chi connectivity index (χ0v) is 60.9. The number of ether oxygens (including phenoxy) is 4. The molecular formula is C75H132O17P2. The van der Waals surface area contributed by atoms with Crippen molar-refractivity contribution < 1.29 is 80.2 Å². The Balaban J connectivity index is 5.32. The SMILES string of the molecule is CC/C=C\C/C=C\C/C=C\C/C=C\C/C=C\CCCCCC(=O)OCC(COP(=O)(O)OCC(O)COP(=O)(O)OCC(COC(=O)CCCCCCC/C=C\CCCC)OC(=O)CCCCCCC/C=C\CCCC)OC(=O)CCCCCCCCCCCCCCC. The van der Waals surface area contributed by atoms with Gasteiger partial charge >= 0.3 is 39.5 Å². The number of phosphoric ester groups is 2. The lowest BCUT2D eigenvalue weighted by atomic mass is 10.0. The third-order valence-corrected chi connectivity index (χ3v) is 17.2. The molecule has 0 aromatic rings. The van der Waals surface area contributed by atoms with Crippen molar-refractivity contribution in [3.63, 3.8) is 0 Å². The van der Waals surface area contributed by atoms with Crippen LogP contribution in [-0.4, -0.2) is 96.7 Å². The van der Waals surface area contributed by atoms with Crippen molar-refractivity contribution >= 4 is 39.5 Å². The number of allylic oxidation sites excluding steroid dienone is 14. The van der Waals surface area contributed by atoms with E-state index in [0.717, 1.165) is 154 Å². The second-order valence-electron chi connectivity index (χ2n) is 24.5. The number of rotatable bonds is 69. The molecule has 0 radical (unpaired) electrons. The lowest BCUT2D eigenvalue weighted by Gasteiger charge is -2.21. The number of carbonyl (C=O) groups is 4. The van der Waals surface area contributed by atoms with E-state index < -0.39 is 97.5 Å². The Kier molecular flexibility index (Phi) is 65.1. The van der Waals surface area contributed by atoms with Gasteiger partial charge in [-0.1, -0.05) is 260 Å². The molecule has 0 rings (SSSR count). The normalized spacial score (nSPS) is 14.5. The van der Waals surface area contributed by atoms with Gasteiger partial charge in [-0.2, -0.15) is 0 Å². The van der Waals surface area contributed by atoms with Crippen LogP contribution >= 0.6 is 15.6 Å². The Morgan fingerprint density at radius 3 is 0.904 bits per heavy atom. The first-order chi connectivity index (χ1) is 45.7. The molecule has 0 aliphatic rings.